The first-order chi connectivity index (χ1) is 18.8. The molecule has 0 radical (unpaired) electrons. The van der Waals surface area contributed by atoms with Gasteiger partial charge in [-0.25, -0.2) is 18.4 Å². The van der Waals surface area contributed by atoms with E-state index in [0.717, 1.165) is 44.6 Å². The summed E-state index contributed by atoms with van der Waals surface area (Å²) in [6.45, 7) is 1.90. The molecule has 1 saturated heterocycles. The Bertz CT molecular complexity index is 911. The van der Waals surface area contributed by atoms with Gasteiger partial charge in [0.1, 0.15) is 11.6 Å². The van der Waals surface area contributed by atoms with Gasteiger partial charge >= 0.3 is 12.1 Å². The van der Waals surface area contributed by atoms with Crippen LogP contribution in [-0.4, -0.2) is 82.7 Å². The monoisotopic (exact) mass is 554 g/mol. The van der Waals surface area contributed by atoms with Crippen molar-refractivity contribution in [2.45, 2.75) is 69.1 Å². The van der Waals surface area contributed by atoms with Crippen LogP contribution in [-0.2, 0) is 14.2 Å². The SMILES string of the molecule is CNC[C@H](CCC1(OC)CCCC1)NC(=O)N1CCC[C@@H](C(OCCNC(=O)OC)c2cc(F)cc(F)c2)C1. The number of likely N-dealkylation sites (N-methyl/N-ethyl adjacent to an activating group) is 1. The topological polar surface area (TPSA) is 101 Å². The Balaban J connectivity index is 1.65. The molecule has 1 unspecified atom stereocenters. The van der Waals surface area contributed by atoms with E-state index >= 15 is 0 Å². The van der Waals surface area contributed by atoms with Crippen LogP contribution >= 0.6 is 0 Å². The van der Waals surface area contributed by atoms with Crippen LogP contribution in [0, 0.1) is 17.6 Å². The van der Waals surface area contributed by atoms with Crippen molar-refractivity contribution >= 4 is 12.1 Å². The number of likely N-dealkylation sites (tertiary alicyclic amines) is 1. The molecule has 1 aromatic carbocycles. The zero-order valence-electron chi connectivity index (χ0n) is 23.4. The van der Waals surface area contributed by atoms with E-state index in [1.807, 2.05) is 7.05 Å². The molecule has 2 aliphatic rings. The van der Waals surface area contributed by atoms with Gasteiger partial charge in [0.15, 0.2) is 0 Å². The van der Waals surface area contributed by atoms with E-state index in [9.17, 15) is 18.4 Å². The lowest BCUT2D eigenvalue weighted by Crippen LogP contribution is -2.51. The van der Waals surface area contributed by atoms with Gasteiger partial charge in [0.05, 0.1) is 25.4 Å². The molecule has 9 nitrogen and oxygen atoms in total. The number of halogens is 2. The highest BCUT2D eigenvalue weighted by Crippen LogP contribution is 2.37. The number of nitrogens with zero attached hydrogens (tertiary/aromatic N) is 1. The number of methoxy groups -OCH3 is 2. The predicted octanol–water partition coefficient (Wildman–Crippen LogP) is 4.13. The summed E-state index contributed by atoms with van der Waals surface area (Å²) < 4.78 is 44.7. The Morgan fingerprint density at radius 1 is 1.13 bits per heavy atom. The molecule has 3 N–H and O–H groups in total. The van der Waals surface area contributed by atoms with Gasteiger partial charge < -0.3 is 35.1 Å². The quantitative estimate of drug-likeness (QED) is 0.317. The second-order valence-electron chi connectivity index (χ2n) is 10.6. The molecule has 1 saturated carbocycles. The number of rotatable bonds is 13. The molecule has 3 atom stereocenters. The third kappa shape index (κ3) is 9.29. The van der Waals surface area contributed by atoms with Crippen LogP contribution < -0.4 is 16.0 Å². The summed E-state index contributed by atoms with van der Waals surface area (Å²) in [6.07, 6.45) is 6.36. The van der Waals surface area contributed by atoms with Gasteiger partial charge in [0.2, 0.25) is 0 Å². The minimum atomic E-state index is -0.692. The number of carbonyl (C=O) groups excluding carboxylic acids is 2. The first kappa shape index (κ1) is 31.0. The summed E-state index contributed by atoms with van der Waals surface area (Å²) in [5, 5.41) is 8.91. The highest BCUT2D eigenvalue weighted by Gasteiger charge is 2.35. The van der Waals surface area contributed by atoms with Gasteiger partial charge in [-0.1, -0.05) is 12.8 Å². The van der Waals surface area contributed by atoms with Crippen molar-refractivity contribution in [1.82, 2.24) is 20.9 Å². The molecule has 1 aliphatic carbocycles. The zero-order valence-corrected chi connectivity index (χ0v) is 23.4. The van der Waals surface area contributed by atoms with E-state index in [0.29, 0.717) is 25.2 Å². The third-order valence-corrected chi connectivity index (χ3v) is 7.92. The minimum Gasteiger partial charge on any atom is -0.453 e. The van der Waals surface area contributed by atoms with Crippen molar-refractivity contribution in [3.05, 3.63) is 35.4 Å². The fourth-order valence-corrected chi connectivity index (χ4v) is 5.85. The van der Waals surface area contributed by atoms with Crippen LogP contribution in [0.3, 0.4) is 0 Å². The lowest BCUT2D eigenvalue weighted by Gasteiger charge is -2.38. The fraction of sp³-hybridized carbons (Fsp3) is 0.714. The van der Waals surface area contributed by atoms with Gasteiger partial charge in [-0.3, -0.25) is 0 Å². The number of benzene rings is 1. The van der Waals surface area contributed by atoms with E-state index in [1.165, 1.54) is 32.1 Å². The van der Waals surface area contributed by atoms with Crippen molar-refractivity contribution in [1.29, 1.82) is 0 Å². The van der Waals surface area contributed by atoms with Crippen LogP contribution in [0.1, 0.15) is 63.0 Å². The van der Waals surface area contributed by atoms with Crippen LogP contribution in [0.25, 0.3) is 0 Å². The molecule has 220 valence electrons. The summed E-state index contributed by atoms with van der Waals surface area (Å²) in [4.78, 5) is 26.5. The standard InChI is InChI=1S/C28H44F2N4O5/c1-31-18-24(8-11-28(38-3)9-4-5-10-28)33-26(35)34-13-6-7-20(19-34)25(39-14-12-32-27(36)37-2)21-15-22(29)17-23(30)16-21/h15-17,20,24-25,31H,4-14,18-19H2,1-3H3,(H,32,36)(H,33,35)/t20-,24+,25?/m1/s1. The third-order valence-electron chi connectivity index (χ3n) is 7.92. The number of carbonyl (C=O) groups is 2. The zero-order chi connectivity index (χ0) is 28.3. The van der Waals surface area contributed by atoms with Gasteiger partial charge in [-0.15, -0.1) is 0 Å². The second-order valence-corrected chi connectivity index (χ2v) is 10.6. The maximum absolute atomic E-state index is 14.1. The number of hydrogen-bond acceptors (Lipinski definition) is 6. The molecule has 39 heavy (non-hydrogen) atoms. The molecular formula is C28H44F2N4O5. The normalized spacial score (nSPS) is 20.3. The van der Waals surface area contributed by atoms with Crippen molar-refractivity contribution < 1.29 is 32.6 Å². The van der Waals surface area contributed by atoms with Gasteiger partial charge in [0, 0.05) is 51.3 Å². The molecule has 11 heteroatoms. The Morgan fingerprint density at radius 2 is 1.85 bits per heavy atom. The molecule has 2 fully saturated rings. The van der Waals surface area contributed by atoms with Crippen molar-refractivity contribution in [3.63, 3.8) is 0 Å². The summed E-state index contributed by atoms with van der Waals surface area (Å²) in [6, 6.07) is 3.14. The molecule has 1 aliphatic heterocycles. The van der Waals surface area contributed by atoms with E-state index < -0.39 is 23.8 Å². The molecule has 0 aromatic heterocycles. The van der Waals surface area contributed by atoms with E-state index in [4.69, 9.17) is 9.47 Å². The minimum absolute atomic E-state index is 0.0516. The highest BCUT2D eigenvalue weighted by atomic mass is 19.1. The highest BCUT2D eigenvalue weighted by molar-refractivity contribution is 5.74. The average molecular weight is 555 g/mol. The number of urea groups is 1. The van der Waals surface area contributed by atoms with Crippen molar-refractivity contribution in [2.75, 3.05) is 54.1 Å². The average Bonchev–Trinajstić information content (AvgIpc) is 3.40. The number of amides is 3. The summed E-state index contributed by atoms with van der Waals surface area (Å²) in [5.41, 5.74) is 0.271. The lowest BCUT2D eigenvalue weighted by atomic mass is 9.88. The molecule has 3 amide bonds. The fourth-order valence-electron chi connectivity index (χ4n) is 5.85. The summed E-state index contributed by atoms with van der Waals surface area (Å²) in [5.74, 6) is -1.56. The molecule has 1 heterocycles. The molecule has 0 spiro atoms. The van der Waals surface area contributed by atoms with Crippen LogP contribution in [0.15, 0.2) is 18.2 Å². The number of alkyl carbamates (subject to hydrolysis) is 1. The Labute approximate surface area is 230 Å². The maximum Gasteiger partial charge on any atom is 0.406 e. The smallest absolute Gasteiger partial charge is 0.406 e. The molecule has 3 rings (SSSR count). The van der Waals surface area contributed by atoms with Gasteiger partial charge in [-0.2, -0.15) is 0 Å². The van der Waals surface area contributed by atoms with Crippen LogP contribution in [0.2, 0.25) is 0 Å². The summed E-state index contributed by atoms with van der Waals surface area (Å²) in [7, 11) is 4.91. The Morgan fingerprint density at radius 3 is 2.49 bits per heavy atom. The van der Waals surface area contributed by atoms with E-state index in [-0.39, 0.29) is 36.7 Å². The van der Waals surface area contributed by atoms with Gasteiger partial charge in [-0.05, 0) is 63.3 Å². The Kier molecular flexibility index (Phi) is 12.2. The lowest BCUT2D eigenvalue weighted by molar-refractivity contribution is -0.0151. The molecular weight excluding hydrogens is 510 g/mol. The van der Waals surface area contributed by atoms with Crippen molar-refractivity contribution in [2.24, 2.45) is 5.92 Å². The van der Waals surface area contributed by atoms with Crippen LogP contribution in [0.4, 0.5) is 18.4 Å². The maximum atomic E-state index is 14.1. The van der Waals surface area contributed by atoms with Gasteiger partial charge in [0.25, 0.3) is 0 Å². The number of nitrogens with one attached hydrogen (secondary N) is 3. The predicted molar refractivity (Wildman–Crippen MR) is 143 cm³/mol. The molecule has 1 aromatic rings. The van der Waals surface area contributed by atoms with Crippen molar-refractivity contribution in [3.8, 4) is 0 Å². The Hall–Kier alpha value is -2.50. The van der Waals surface area contributed by atoms with E-state index in [2.05, 4.69) is 20.7 Å². The largest absolute Gasteiger partial charge is 0.453 e. The summed E-state index contributed by atoms with van der Waals surface area (Å²) >= 11 is 0. The first-order valence-corrected chi connectivity index (χ1v) is 13.9. The van der Waals surface area contributed by atoms with Crippen LogP contribution in [0.5, 0.6) is 0 Å². The van der Waals surface area contributed by atoms with E-state index in [1.54, 1.807) is 12.0 Å². The number of hydrogen-bond donors (Lipinski definition) is 3. The number of ether oxygens (including phenoxy) is 3. The molecule has 0 bridgehead atoms. The number of piperidine rings is 1. The first-order valence-electron chi connectivity index (χ1n) is 13.9. The second kappa shape index (κ2) is 15.3.